The number of aliphatic carboxylic acids is 1. The van der Waals surface area contributed by atoms with Crippen LogP contribution in [0.1, 0.15) is 5.56 Å². The van der Waals surface area contributed by atoms with Crippen LogP contribution in [0, 0.1) is 3.57 Å². The molecule has 0 unspecified atom stereocenters. The lowest BCUT2D eigenvalue weighted by molar-refractivity contribution is -0.131. The predicted octanol–water partition coefficient (Wildman–Crippen LogP) is 2.36. The summed E-state index contributed by atoms with van der Waals surface area (Å²) in [6.07, 6.45) is 1.04. The summed E-state index contributed by atoms with van der Waals surface area (Å²) < 4.78 is 6.06. The minimum Gasteiger partial charge on any atom is -0.496 e. The Morgan fingerprint density at radius 1 is 1.43 bits per heavy atom. The molecule has 0 aliphatic heterocycles. The van der Waals surface area contributed by atoms with Gasteiger partial charge in [-0.1, -0.05) is 12.1 Å². The van der Waals surface area contributed by atoms with Crippen molar-refractivity contribution in [2.45, 2.75) is 0 Å². The summed E-state index contributed by atoms with van der Waals surface area (Å²) in [7, 11) is 1.45. The Kier molecular flexibility index (Phi) is 3.94. The number of halogens is 1. The molecule has 0 spiro atoms. The Hall–Kier alpha value is -1.04. The van der Waals surface area contributed by atoms with Gasteiger partial charge in [-0.05, 0) is 34.7 Å². The van der Waals surface area contributed by atoms with Crippen molar-refractivity contribution in [2.75, 3.05) is 7.11 Å². The summed E-state index contributed by atoms with van der Waals surface area (Å²) in [5.41, 5.74) is 0.760. The number of methoxy groups -OCH3 is 1. The Morgan fingerprint density at radius 2 is 2.00 bits per heavy atom. The number of carboxylic acids is 1. The van der Waals surface area contributed by atoms with Crippen LogP contribution in [0.4, 0.5) is 0 Å². The molecular weight excluding hydrogens is 295 g/mol. The monoisotopic (exact) mass is 304 g/mol. The molecule has 1 N–H and O–H groups in total. The van der Waals surface area contributed by atoms with E-state index in [1.54, 1.807) is 0 Å². The zero-order chi connectivity index (χ0) is 10.6. The van der Waals surface area contributed by atoms with Crippen LogP contribution in [0.2, 0.25) is 0 Å². The van der Waals surface area contributed by atoms with E-state index in [9.17, 15) is 4.79 Å². The van der Waals surface area contributed by atoms with Gasteiger partial charge < -0.3 is 9.84 Å². The van der Waals surface area contributed by atoms with Crippen molar-refractivity contribution >= 4 is 34.3 Å². The highest BCUT2D eigenvalue weighted by Crippen LogP contribution is 2.16. The highest BCUT2D eigenvalue weighted by Gasteiger charge is 2.03. The van der Waals surface area contributed by atoms with Crippen molar-refractivity contribution in [1.29, 1.82) is 0 Å². The molecule has 0 amide bonds. The van der Waals surface area contributed by atoms with Crippen molar-refractivity contribution in [1.82, 2.24) is 0 Å². The van der Waals surface area contributed by atoms with Crippen LogP contribution in [0.3, 0.4) is 0 Å². The summed E-state index contributed by atoms with van der Waals surface area (Å²) in [4.78, 5) is 10.5. The van der Waals surface area contributed by atoms with Gasteiger partial charge in [-0.2, -0.15) is 0 Å². The minimum absolute atomic E-state index is 0.355. The van der Waals surface area contributed by atoms with Crippen molar-refractivity contribution in [2.24, 2.45) is 0 Å². The first-order valence-electron chi connectivity index (χ1n) is 3.88. The highest BCUT2D eigenvalue weighted by atomic mass is 127. The molecule has 14 heavy (non-hydrogen) atoms. The average Bonchev–Trinajstić information content (AvgIpc) is 2.15. The van der Waals surface area contributed by atoms with Crippen molar-refractivity contribution in [3.05, 3.63) is 39.5 Å². The molecule has 0 heterocycles. The van der Waals surface area contributed by atoms with Crippen LogP contribution in [-0.2, 0) is 9.53 Å². The first kappa shape index (κ1) is 11.0. The Labute approximate surface area is 95.5 Å². The molecule has 0 bridgehead atoms. The molecule has 0 saturated carbocycles. The number of hydrogen-bond acceptors (Lipinski definition) is 2. The fourth-order valence-electron chi connectivity index (χ4n) is 0.986. The highest BCUT2D eigenvalue weighted by molar-refractivity contribution is 14.1. The van der Waals surface area contributed by atoms with Crippen LogP contribution < -0.4 is 0 Å². The molecule has 0 saturated heterocycles. The standard InChI is InChI=1S/C10H9IO3/c1-14-9(6-10(12)13)7-2-4-8(11)5-3-7/h2-6H,1H3,(H,12,13)/b9-6-. The molecule has 0 atom stereocenters. The number of carboxylic acid groups (broad SMARTS) is 1. The number of rotatable bonds is 3. The maximum atomic E-state index is 10.5. The number of carbonyl (C=O) groups is 1. The Morgan fingerprint density at radius 3 is 2.43 bits per heavy atom. The van der Waals surface area contributed by atoms with Gasteiger partial charge in [0.1, 0.15) is 5.76 Å². The van der Waals surface area contributed by atoms with Gasteiger partial charge in [-0.15, -0.1) is 0 Å². The van der Waals surface area contributed by atoms with E-state index in [-0.39, 0.29) is 0 Å². The first-order chi connectivity index (χ1) is 6.63. The summed E-state index contributed by atoms with van der Waals surface area (Å²) in [5.74, 6) is -0.658. The fraction of sp³-hybridized carbons (Fsp3) is 0.100. The van der Waals surface area contributed by atoms with Crippen LogP contribution >= 0.6 is 22.6 Å². The topological polar surface area (TPSA) is 46.5 Å². The summed E-state index contributed by atoms with van der Waals surface area (Å²) in [5, 5.41) is 8.57. The molecule has 1 rings (SSSR count). The second-order valence-electron chi connectivity index (χ2n) is 2.56. The minimum atomic E-state index is -1.01. The van der Waals surface area contributed by atoms with E-state index in [2.05, 4.69) is 22.6 Å². The predicted molar refractivity (Wildman–Crippen MR) is 61.8 cm³/mol. The van der Waals surface area contributed by atoms with Gasteiger partial charge in [0, 0.05) is 9.13 Å². The lowest BCUT2D eigenvalue weighted by atomic mass is 10.2. The van der Waals surface area contributed by atoms with E-state index in [0.29, 0.717) is 5.76 Å². The van der Waals surface area contributed by atoms with E-state index in [1.165, 1.54) is 7.11 Å². The molecule has 1 aromatic carbocycles. The molecule has 4 heteroatoms. The Balaban J connectivity index is 3.01. The fourth-order valence-corrected chi connectivity index (χ4v) is 1.35. The SMILES string of the molecule is CO/C(=C\C(=O)O)c1ccc(I)cc1. The van der Waals surface area contributed by atoms with Crippen molar-refractivity contribution in [3.8, 4) is 0 Å². The van der Waals surface area contributed by atoms with Gasteiger partial charge in [0.05, 0.1) is 13.2 Å². The van der Waals surface area contributed by atoms with Crippen molar-refractivity contribution in [3.63, 3.8) is 0 Å². The summed E-state index contributed by atoms with van der Waals surface area (Å²) >= 11 is 2.18. The van der Waals surface area contributed by atoms with Gasteiger partial charge in [-0.3, -0.25) is 0 Å². The smallest absolute Gasteiger partial charge is 0.332 e. The third-order valence-corrected chi connectivity index (χ3v) is 2.32. The molecule has 0 radical (unpaired) electrons. The van der Waals surface area contributed by atoms with Gasteiger partial charge in [0.25, 0.3) is 0 Å². The van der Waals surface area contributed by atoms with Crippen LogP contribution in [0.15, 0.2) is 30.3 Å². The summed E-state index contributed by atoms with van der Waals surface area (Å²) in [6.45, 7) is 0. The van der Waals surface area contributed by atoms with Crippen molar-refractivity contribution < 1.29 is 14.6 Å². The third-order valence-electron chi connectivity index (χ3n) is 1.60. The lowest BCUT2D eigenvalue weighted by Gasteiger charge is -2.04. The maximum Gasteiger partial charge on any atom is 0.332 e. The third kappa shape index (κ3) is 3.02. The molecule has 3 nitrogen and oxygen atoms in total. The molecule has 0 aliphatic rings. The van der Waals surface area contributed by atoms with E-state index in [4.69, 9.17) is 9.84 Å². The molecule has 0 fully saturated rings. The Bertz CT molecular complexity index is 354. The average molecular weight is 304 g/mol. The number of hydrogen-bond donors (Lipinski definition) is 1. The maximum absolute atomic E-state index is 10.5. The van der Waals surface area contributed by atoms with E-state index < -0.39 is 5.97 Å². The van der Waals surface area contributed by atoms with E-state index in [0.717, 1.165) is 15.2 Å². The lowest BCUT2D eigenvalue weighted by Crippen LogP contribution is -1.94. The van der Waals surface area contributed by atoms with Crippen LogP contribution in [-0.4, -0.2) is 18.2 Å². The molecule has 1 aromatic rings. The normalized spacial score (nSPS) is 11.1. The number of ether oxygens (including phenoxy) is 1. The zero-order valence-corrected chi connectivity index (χ0v) is 9.69. The van der Waals surface area contributed by atoms with Crippen LogP contribution in [0.25, 0.3) is 5.76 Å². The van der Waals surface area contributed by atoms with Gasteiger partial charge in [-0.25, -0.2) is 4.79 Å². The molecule has 0 aromatic heterocycles. The largest absolute Gasteiger partial charge is 0.496 e. The quantitative estimate of drug-likeness (QED) is 0.530. The number of benzene rings is 1. The van der Waals surface area contributed by atoms with Gasteiger partial charge in [0.15, 0.2) is 0 Å². The first-order valence-corrected chi connectivity index (χ1v) is 4.96. The van der Waals surface area contributed by atoms with Gasteiger partial charge in [0.2, 0.25) is 0 Å². The molecular formula is C10H9IO3. The molecule has 0 aliphatic carbocycles. The van der Waals surface area contributed by atoms with Crippen LogP contribution in [0.5, 0.6) is 0 Å². The second-order valence-corrected chi connectivity index (χ2v) is 3.80. The second kappa shape index (κ2) is 4.99. The van der Waals surface area contributed by atoms with Gasteiger partial charge >= 0.3 is 5.97 Å². The molecule has 74 valence electrons. The van der Waals surface area contributed by atoms with E-state index in [1.807, 2.05) is 24.3 Å². The zero-order valence-electron chi connectivity index (χ0n) is 7.53. The van der Waals surface area contributed by atoms with E-state index >= 15 is 0 Å². The summed E-state index contributed by atoms with van der Waals surface area (Å²) in [6, 6.07) is 7.43.